The van der Waals surface area contributed by atoms with Crippen LogP contribution in [0.15, 0.2) is 48.5 Å². The standard InChI is InChI=1S/C27H32O7/c1-4-20-21(11-12-34-16-18(29)15-28)27(24(31)14-23(20)30)22-9-6-10-25(33-3)26(22)17-7-5-8-19(13-17)32-2/h5-10,13-14,18,28-31H,4,11-12,15-16H2,1-3H3. The SMILES string of the molecule is CCc1c(O)cc(O)c(-c2cccc(OC)c2-c2cccc(OC)c2)c1CCOCC(O)CO. The summed E-state index contributed by atoms with van der Waals surface area (Å²) < 4.78 is 16.6. The fourth-order valence-electron chi connectivity index (χ4n) is 4.15. The van der Waals surface area contributed by atoms with Crippen molar-refractivity contribution in [3.63, 3.8) is 0 Å². The summed E-state index contributed by atoms with van der Waals surface area (Å²) >= 11 is 0. The molecule has 0 radical (unpaired) electrons. The summed E-state index contributed by atoms with van der Waals surface area (Å²) in [5.74, 6) is 1.27. The Kier molecular flexibility index (Phi) is 8.76. The zero-order valence-electron chi connectivity index (χ0n) is 19.7. The largest absolute Gasteiger partial charge is 0.508 e. The van der Waals surface area contributed by atoms with Crippen LogP contribution in [0.25, 0.3) is 22.3 Å². The zero-order chi connectivity index (χ0) is 24.7. The lowest BCUT2D eigenvalue weighted by Crippen LogP contribution is -2.20. The Bertz CT molecular complexity index is 1110. The van der Waals surface area contributed by atoms with Gasteiger partial charge >= 0.3 is 0 Å². The molecule has 182 valence electrons. The molecule has 34 heavy (non-hydrogen) atoms. The minimum Gasteiger partial charge on any atom is -0.508 e. The Labute approximate surface area is 199 Å². The molecule has 1 atom stereocenters. The van der Waals surface area contributed by atoms with Crippen molar-refractivity contribution in [2.24, 2.45) is 0 Å². The average Bonchev–Trinajstić information content (AvgIpc) is 2.85. The molecule has 0 heterocycles. The Morgan fingerprint density at radius 1 is 0.882 bits per heavy atom. The number of phenols is 2. The van der Waals surface area contributed by atoms with Gasteiger partial charge in [0.15, 0.2) is 0 Å². The first-order valence-electron chi connectivity index (χ1n) is 11.2. The second-order valence-corrected chi connectivity index (χ2v) is 7.88. The number of phenolic OH excluding ortho intramolecular Hbond substituents is 2. The summed E-state index contributed by atoms with van der Waals surface area (Å²) in [5.41, 5.74) is 4.41. The third kappa shape index (κ3) is 5.44. The fourth-order valence-corrected chi connectivity index (χ4v) is 4.15. The number of aliphatic hydroxyl groups excluding tert-OH is 2. The quantitative estimate of drug-likeness (QED) is 0.316. The van der Waals surface area contributed by atoms with E-state index in [1.54, 1.807) is 14.2 Å². The first-order valence-corrected chi connectivity index (χ1v) is 11.2. The number of aliphatic hydroxyl groups is 2. The molecule has 0 bridgehead atoms. The third-order valence-corrected chi connectivity index (χ3v) is 5.75. The number of ether oxygens (including phenoxy) is 3. The number of rotatable bonds is 11. The molecule has 0 fully saturated rings. The van der Waals surface area contributed by atoms with Crippen molar-refractivity contribution in [2.45, 2.75) is 25.9 Å². The molecule has 3 aromatic carbocycles. The van der Waals surface area contributed by atoms with E-state index in [1.807, 2.05) is 49.4 Å². The second kappa shape index (κ2) is 11.7. The van der Waals surface area contributed by atoms with Crippen LogP contribution in [0.1, 0.15) is 18.1 Å². The van der Waals surface area contributed by atoms with Crippen molar-refractivity contribution < 1.29 is 34.6 Å². The van der Waals surface area contributed by atoms with Crippen molar-refractivity contribution in [3.8, 4) is 45.3 Å². The molecule has 0 saturated heterocycles. The van der Waals surface area contributed by atoms with Gasteiger partial charge in [0.2, 0.25) is 0 Å². The van der Waals surface area contributed by atoms with E-state index in [0.717, 1.165) is 22.3 Å². The third-order valence-electron chi connectivity index (χ3n) is 5.75. The smallest absolute Gasteiger partial charge is 0.127 e. The van der Waals surface area contributed by atoms with Gasteiger partial charge in [-0.15, -0.1) is 0 Å². The molecule has 4 N–H and O–H groups in total. The van der Waals surface area contributed by atoms with Crippen LogP contribution in [0, 0.1) is 0 Å². The minimum absolute atomic E-state index is 0.00763. The maximum Gasteiger partial charge on any atom is 0.127 e. The van der Waals surface area contributed by atoms with Crippen LogP contribution in [-0.4, -0.2) is 60.6 Å². The molecule has 0 aliphatic heterocycles. The molecule has 3 aromatic rings. The van der Waals surface area contributed by atoms with E-state index in [0.29, 0.717) is 35.5 Å². The van der Waals surface area contributed by atoms with Crippen LogP contribution >= 0.6 is 0 Å². The van der Waals surface area contributed by atoms with Gasteiger partial charge in [-0.3, -0.25) is 0 Å². The molecule has 7 heteroatoms. The zero-order valence-corrected chi connectivity index (χ0v) is 19.7. The Morgan fingerprint density at radius 2 is 1.65 bits per heavy atom. The molecule has 0 spiro atoms. The van der Waals surface area contributed by atoms with E-state index in [1.165, 1.54) is 6.07 Å². The summed E-state index contributed by atoms with van der Waals surface area (Å²) in [4.78, 5) is 0. The van der Waals surface area contributed by atoms with Crippen LogP contribution in [-0.2, 0) is 17.6 Å². The Balaban J connectivity index is 2.19. The van der Waals surface area contributed by atoms with Gasteiger partial charge in [-0.2, -0.15) is 0 Å². The minimum atomic E-state index is -0.958. The van der Waals surface area contributed by atoms with E-state index < -0.39 is 6.10 Å². The van der Waals surface area contributed by atoms with Crippen molar-refractivity contribution in [3.05, 3.63) is 59.7 Å². The monoisotopic (exact) mass is 468 g/mol. The van der Waals surface area contributed by atoms with Crippen LogP contribution in [0.5, 0.6) is 23.0 Å². The number of benzene rings is 3. The van der Waals surface area contributed by atoms with E-state index >= 15 is 0 Å². The highest BCUT2D eigenvalue weighted by molar-refractivity contribution is 5.92. The molecular weight excluding hydrogens is 436 g/mol. The Morgan fingerprint density at radius 3 is 2.32 bits per heavy atom. The highest BCUT2D eigenvalue weighted by Crippen LogP contribution is 2.47. The first-order chi connectivity index (χ1) is 16.4. The molecule has 1 unspecified atom stereocenters. The summed E-state index contributed by atoms with van der Waals surface area (Å²) in [5, 5.41) is 40.2. The van der Waals surface area contributed by atoms with Crippen molar-refractivity contribution in [2.75, 3.05) is 34.0 Å². The van der Waals surface area contributed by atoms with E-state index in [9.17, 15) is 15.3 Å². The molecule has 0 aliphatic rings. The van der Waals surface area contributed by atoms with Crippen LogP contribution in [0.2, 0.25) is 0 Å². The lowest BCUT2D eigenvalue weighted by molar-refractivity contribution is 0.00720. The van der Waals surface area contributed by atoms with Crippen molar-refractivity contribution >= 4 is 0 Å². The van der Waals surface area contributed by atoms with Gasteiger partial charge in [-0.05, 0) is 53.3 Å². The molecule has 0 saturated carbocycles. The molecule has 7 nitrogen and oxygen atoms in total. The summed E-state index contributed by atoms with van der Waals surface area (Å²) in [7, 11) is 3.20. The highest BCUT2D eigenvalue weighted by Gasteiger charge is 2.23. The van der Waals surface area contributed by atoms with E-state index in [-0.39, 0.29) is 31.3 Å². The summed E-state index contributed by atoms with van der Waals surface area (Å²) in [6.07, 6.45) is -0.0275. The van der Waals surface area contributed by atoms with Gasteiger partial charge in [0.1, 0.15) is 29.1 Å². The average molecular weight is 469 g/mol. The van der Waals surface area contributed by atoms with Gasteiger partial charge in [0, 0.05) is 17.2 Å². The first kappa shape index (κ1) is 25.4. The van der Waals surface area contributed by atoms with Gasteiger partial charge in [0.05, 0.1) is 34.0 Å². The predicted octanol–water partition coefficient (Wildman–Crippen LogP) is 3.92. The van der Waals surface area contributed by atoms with E-state index in [4.69, 9.17) is 19.3 Å². The molecule has 0 aromatic heterocycles. The molecular formula is C27H32O7. The number of aromatic hydroxyl groups is 2. The number of hydrogen-bond donors (Lipinski definition) is 4. The van der Waals surface area contributed by atoms with Crippen molar-refractivity contribution in [1.29, 1.82) is 0 Å². The normalized spacial score (nSPS) is 11.9. The fraction of sp³-hybridized carbons (Fsp3) is 0.333. The van der Waals surface area contributed by atoms with Crippen LogP contribution in [0.3, 0.4) is 0 Å². The van der Waals surface area contributed by atoms with Gasteiger partial charge in [0.25, 0.3) is 0 Å². The topological polar surface area (TPSA) is 109 Å². The van der Waals surface area contributed by atoms with Gasteiger partial charge in [-0.25, -0.2) is 0 Å². The molecule has 0 amide bonds. The lowest BCUT2D eigenvalue weighted by atomic mass is 9.86. The lowest BCUT2D eigenvalue weighted by Gasteiger charge is -2.21. The molecule has 0 aliphatic carbocycles. The number of hydrogen-bond acceptors (Lipinski definition) is 7. The highest BCUT2D eigenvalue weighted by atomic mass is 16.5. The van der Waals surface area contributed by atoms with E-state index in [2.05, 4.69) is 0 Å². The van der Waals surface area contributed by atoms with Crippen molar-refractivity contribution in [1.82, 2.24) is 0 Å². The maximum atomic E-state index is 11.0. The number of methoxy groups -OCH3 is 2. The summed E-state index contributed by atoms with van der Waals surface area (Å²) in [6.45, 7) is 1.78. The summed E-state index contributed by atoms with van der Waals surface area (Å²) in [6, 6.07) is 14.6. The molecule has 3 rings (SSSR count). The Hall–Kier alpha value is -3.26. The van der Waals surface area contributed by atoms with Gasteiger partial charge < -0.3 is 34.6 Å². The second-order valence-electron chi connectivity index (χ2n) is 7.88. The maximum absolute atomic E-state index is 11.0. The van der Waals surface area contributed by atoms with Gasteiger partial charge in [-0.1, -0.05) is 31.2 Å². The van der Waals surface area contributed by atoms with Crippen LogP contribution in [0.4, 0.5) is 0 Å². The predicted molar refractivity (Wildman–Crippen MR) is 131 cm³/mol. The van der Waals surface area contributed by atoms with Crippen LogP contribution < -0.4 is 9.47 Å².